The van der Waals surface area contributed by atoms with E-state index in [1.807, 2.05) is 24.3 Å². The van der Waals surface area contributed by atoms with Gasteiger partial charge < -0.3 is 29.9 Å². The highest BCUT2D eigenvalue weighted by atomic mass is 16.5. The van der Waals surface area contributed by atoms with E-state index in [9.17, 15) is 20.1 Å². The Kier molecular flexibility index (Phi) is 9.00. The van der Waals surface area contributed by atoms with Gasteiger partial charge in [-0.25, -0.2) is 4.79 Å². The third-order valence-electron chi connectivity index (χ3n) is 4.81. The molecule has 0 amide bonds. The van der Waals surface area contributed by atoms with Gasteiger partial charge in [0.2, 0.25) is 0 Å². The molecule has 0 bridgehead atoms. The van der Waals surface area contributed by atoms with Crippen LogP contribution in [0.4, 0.5) is 0 Å². The number of carbonyl (C=O) groups is 1. The summed E-state index contributed by atoms with van der Waals surface area (Å²) in [7, 11) is 0. The van der Waals surface area contributed by atoms with Crippen LogP contribution in [0.1, 0.15) is 54.8 Å². The molecular weight excluding hydrogens is 400 g/mol. The molecule has 0 saturated heterocycles. The minimum Gasteiger partial charge on any atom is -0.491 e. The van der Waals surface area contributed by atoms with Crippen molar-refractivity contribution in [3.8, 4) is 5.75 Å². The van der Waals surface area contributed by atoms with Crippen molar-refractivity contribution in [3.05, 3.63) is 65.2 Å². The number of benzene rings is 2. The molecule has 0 saturated carbocycles. The molecule has 0 aromatic heterocycles. The van der Waals surface area contributed by atoms with E-state index in [0.717, 1.165) is 5.56 Å². The quantitative estimate of drug-likeness (QED) is 0.426. The first-order valence-electron chi connectivity index (χ1n) is 10.3. The van der Waals surface area contributed by atoms with Gasteiger partial charge in [0.1, 0.15) is 25.1 Å². The molecule has 0 aliphatic carbocycles. The third-order valence-corrected chi connectivity index (χ3v) is 4.81. The maximum Gasteiger partial charge on any atom is 0.338 e. The number of esters is 1. The Balaban J connectivity index is 1.81. The molecule has 0 fully saturated rings. The van der Waals surface area contributed by atoms with Crippen LogP contribution in [0.3, 0.4) is 0 Å². The van der Waals surface area contributed by atoms with Gasteiger partial charge in [-0.2, -0.15) is 0 Å². The Morgan fingerprint density at radius 1 is 0.903 bits per heavy atom. The molecular formula is C24H32O7. The number of carbonyl (C=O) groups excluding carboxylic acids is 1. The lowest BCUT2D eigenvalue weighted by molar-refractivity contribution is 0.00931. The predicted octanol–water partition coefficient (Wildman–Crippen LogP) is 2.36. The number of hydrogen-bond acceptors (Lipinski definition) is 7. The molecule has 31 heavy (non-hydrogen) atoms. The molecule has 0 radical (unpaired) electrons. The number of hydrogen-bond donors (Lipinski definition) is 4. The van der Waals surface area contributed by atoms with Gasteiger partial charge in [0.15, 0.2) is 0 Å². The van der Waals surface area contributed by atoms with E-state index in [1.54, 1.807) is 12.1 Å². The smallest absolute Gasteiger partial charge is 0.338 e. The van der Waals surface area contributed by atoms with Gasteiger partial charge in [-0.15, -0.1) is 0 Å². The lowest BCUT2D eigenvalue weighted by Gasteiger charge is -2.21. The normalized spacial score (nSPS) is 14.5. The van der Waals surface area contributed by atoms with Crippen molar-refractivity contribution >= 4 is 5.97 Å². The molecule has 3 unspecified atom stereocenters. The van der Waals surface area contributed by atoms with Gasteiger partial charge in [0.25, 0.3) is 0 Å². The van der Waals surface area contributed by atoms with Crippen LogP contribution in [0.15, 0.2) is 48.5 Å². The second-order valence-corrected chi connectivity index (χ2v) is 8.55. The molecule has 2 rings (SSSR count). The first kappa shape index (κ1) is 24.8. The Hall–Kier alpha value is -2.45. The Bertz CT molecular complexity index is 809. The largest absolute Gasteiger partial charge is 0.491 e. The molecule has 7 heteroatoms. The van der Waals surface area contributed by atoms with Crippen LogP contribution in [0.25, 0.3) is 0 Å². The van der Waals surface area contributed by atoms with Gasteiger partial charge in [-0.1, -0.05) is 45.0 Å². The van der Waals surface area contributed by atoms with E-state index in [2.05, 4.69) is 20.8 Å². The van der Waals surface area contributed by atoms with Crippen LogP contribution in [0.2, 0.25) is 0 Å². The molecule has 0 heterocycles. The third kappa shape index (κ3) is 7.95. The molecule has 0 aliphatic rings. The summed E-state index contributed by atoms with van der Waals surface area (Å²) in [5, 5.41) is 38.5. The molecule has 2 aromatic rings. The van der Waals surface area contributed by atoms with Gasteiger partial charge in [0.05, 0.1) is 24.4 Å². The van der Waals surface area contributed by atoms with Crippen molar-refractivity contribution in [2.45, 2.75) is 50.9 Å². The van der Waals surface area contributed by atoms with Crippen LogP contribution in [0.5, 0.6) is 5.75 Å². The Morgan fingerprint density at radius 2 is 1.52 bits per heavy atom. The Labute approximate surface area is 182 Å². The molecule has 3 atom stereocenters. The van der Waals surface area contributed by atoms with E-state index in [0.29, 0.717) is 5.75 Å². The highest BCUT2D eigenvalue weighted by Crippen LogP contribution is 2.25. The van der Waals surface area contributed by atoms with E-state index < -0.39 is 30.9 Å². The molecule has 4 N–H and O–H groups in total. The highest BCUT2D eigenvalue weighted by Gasteiger charge is 2.17. The zero-order valence-electron chi connectivity index (χ0n) is 18.2. The minimum atomic E-state index is -1.11. The van der Waals surface area contributed by atoms with Crippen molar-refractivity contribution in [2.24, 2.45) is 0 Å². The first-order chi connectivity index (χ1) is 14.6. The molecule has 0 spiro atoms. The van der Waals surface area contributed by atoms with Crippen molar-refractivity contribution in [2.75, 3.05) is 19.8 Å². The molecule has 0 aliphatic heterocycles. The van der Waals surface area contributed by atoms with Crippen LogP contribution in [-0.2, 0) is 10.2 Å². The molecule has 7 nitrogen and oxygen atoms in total. The van der Waals surface area contributed by atoms with Crippen molar-refractivity contribution in [1.82, 2.24) is 0 Å². The van der Waals surface area contributed by atoms with E-state index in [1.165, 1.54) is 17.7 Å². The van der Waals surface area contributed by atoms with Crippen molar-refractivity contribution < 1.29 is 34.7 Å². The zero-order valence-corrected chi connectivity index (χ0v) is 18.2. The van der Waals surface area contributed by atoms with Crippen molar-refractivity contribution in [1.29, 1.82) is 0 Å². The lowest BCUT2D eigenvalue weighted by atomic mass is 9.86. The average Bonchev–Trinajstić information content (AvgIpc) is 2.75. The summed E-state index contributed by atoms with van der Waals surface area (Å²) in [6.07, 6.45) is -2.66. The fraction of sp³-hybridized carbons (Fsp3) is 0.458. The monoisotopic (exact) mass is 432 g/mol. The summed E-state index contributed by atoms with van der Waals surface area (Å²) >= 11 is 0. The van der Waals surface area contributed by atoms with Gasteiger partial charge >= 0.3 is 5.97 Å². The second kappa shape index (κ2) is 11.2. The van der Waals surface area contributed by atoms with Crippen molar-refractivity contribution in [3.63, 3.8) is 0 Å². The first-order valence-corrected chi connectivity index (χ1v) is 10.3. The number of aliphatic hydroxyl groups excluding tert-OH is 4. The van der Waals surface area contributed by atoms with E-state index >= 15 is 0 Å². The van der Waals surface area contributed by atoms with Gasteiger partial charge in [-0.3, -0.25) is 0 Å². The van der Waals surface area contributed by atoms with Crippen LogP contribution in [0, 0.1) is 0 Å². The lowest BCUT2D eigenvalue weighted by Crippen LogP contribution is -2.22. The number of rotatable bonds is 10. The average molecular weight is 433 g/mol. The maximum atomic E-state index is 11.9. The van der Waals surface area contributed by atoms with Crippen LogP contribution < -0.4 is 4.74 Å². The van der Waals surface area contributed by atoms with Crippen LogP contribution in [-0.4, -0.2) is 58.4 Å². The summed E-state index contributed by atoms with van der Waals surface area (Å²) in [5.74, 6) is -0.172. The topological polar surface area (TPSA) is 116 Å². The standard InChI is InChI=1S/C24H32O7/c1-24(2,3)18-8-4-16(5-9-18)22(28)12-19(26)14-30-21-10-6-17(7-11-21)23(29)31-15-20(27)13-25/h4-11,19-20,22,25-28H,12-15H2,1-3H3. The predicted molar refractivity (Wildman–Crippen MR) is 116 cm³/mol. The maximum absolute atomic E-state index is 11.9. The summed E-state index contributed by atoms with van der Waals surface area (Å²) < 4.78 is 10.4. The minimum absolute atomic E-state index is 0.0103. The second-order valence-electron chi connectivity index (χ2n) is 8.55. The van der Waals surface area contributed by atoms with Gasteiger partial charge in [0, 0.05) is 6.42 Å². The van der Waals surface area contributed by atoms with Crippen LogP contribution >= 0.6 is 0 Å². The number of ether oxygens (including phenoxy) is 2. The SMILES string of the molecule is CC(C)(C)c1ccc(C(O)CC(O)COc2ccc(C(=O)OCC(O)CO)cc2)cc1. The Morgan fingerprint density at radius 3 is 2.06 bits per heavy atom. The van der Waals surface area contributed by atoms with E-state index in [4.69, 9.17) is 14.6 Å². The summed E-state index contributed by atoms with van der Waals surface area (Å²) in [4.78, 5) is 11.9. The fourth-order valence-electron chi connectivity index (χ4n) is 2.85. The summed E-state index contributed by atoms with van der Waals surface area (Å²) in [5.41, 5.74) is 2.21. The highest BCUT2D eigenvalue weighted by molar-refractivity contribution is 5.89. The van der Waals surface area contributed by atoms with E-state index in [-0.39, 0.29) is 30.6 Å². The molecule has 170 valence electrons. The summed E-state index contributed by atoms with van der Waals surface area (Å²) in [6, 6.07) is 13.8. The van der Waals surface area contributed by atoms with Gasteiger partial charge in [-0.05, 0) is 40.8 Å². The molecule has 2 aromatic carbocycles. The fourth-order valence-corrected chi connectivity index (χ4v) is 2.85. The zero-order chi connectivity index (χ0) is 23.0. The summed E-state index contributed by atoms with van der Waals surface area (Å²) in [6.45, 7) is 5.58. The number of aliphatic hydroxyl groups is 4.